The molecule has 1 amide bonds. The van der Waals surface area contributed by atoms with E-state index in [2.05, 4.69) is 5.32 Å². The van der Waals surface area contributed by atoms with Crippen LogP contribution in [0, 0.1) is 0 Å². The molecule has 0 aromatic heterocycles. The number of anilines is 1. The standard InChI is InChI=1S/C16H15ClN2O2/c17-14-8-10(2-4-13(14)16(18)21)19-15-6-1-9-7-11(20)3-5-12(9)15/h2-5,7-8,15,19-20H,1,6H2,(H2,18,21). The van der Waals surface area contributed by atoms with E-state index in [4.69, 9.17) is 17.3 Å². The highest BCUT2D eigenvalue weighted by Gasteiger charge is 2.22. The normalized spacial score (nSPS) is 16.5. The maximum absolute atomic E-state index is 11.2. The van der Waals surface area contributed by atoms with Gasteiger partial charge in [0.1, 0.15) is 5.75 Å². The summed E-state index contributed by atoms with van der Waals surface area (Å²) in [5.41, 5.74) is 8.74. The number of hydrogen-bond acceptors (Lipinski definition) is 3. The molecule has 0 spiro atoms. The van der Waals surface area contributed by atoms with Crippen LogP contribution < -0.4 is 11.1 Å². The lowest BCUT2D eigenvalue weighted by molar-refractivity contribution is 0.100. The molecule has 0 saturated heterocycles. The number of benzene rings is 2. The molecule has 5 heteroatoms. The molecule has 21 heavy (non-hydrogen) atoms. The molecule has 0 bridgehead atoms. The molecule has 1 atom stereocenters. The summed E-state index contributed by atoms with van der Waals surface area (Å²) in [5.74, 6) is -0.239. The van der Waals surface area contributed by atoms with Gasteiger partial charge in [0, 0.05) is 5.69 Å². The van der Waals surface area contributed by atoms with Crippen molar-refractivity contribution in [2.24, 2.45) is 5.73 Å². The molecule has 1 unspecified atom stereocenters. The third-order valence-electron chi connectivity index (χ3n) is 3.78. The number of aromatic hydroxyl groups is 1. The summed E-state index contributed by atoms with van der Waals surface area (Å²) in [5, 5.41) is 13.3. The van der Waals surface area contributed by atoms with E-state index in [1.54, 1.807) is 30.3 Å². The largest absolute Gasteiger partial charge is 0.508 e. The molecule has 0 saturated carbocycles. The van der Waals surface area contributed by atoms with Crippen molar-refractivity contribution in [3.63, 3.8) is 0 Å². The number of phenolic OH excluding ortho intramolecular Hbond substituents is 1. The number of phenols is 1. The first kappa shape index (κ1) is 13.8. The Hall–Kier alpha value is -2.20. The van der Waals surface area contributed by atoms with Gasteiger partial charge in [-0.05, 0) is 54.3 Å². The van der Waals surface area contributed by atoms with Crippen molar-refractivity contribution in [2.75, 3.05) is 5.32 Å². The van der Waals surface area contributed by atoms with Gasteiger partial charge in [0.25, 0.3) is 0 Å². The summed E-state index contributed by atoms with van der Waals surface area (Å²) < 4.78 is 0. The third-order valence-corrected chi connectivity index (χ3v) is 4.09. The SMILES string of the molecule is NC(=O)c1ccc(NC2CCc3cc(O)ccc32)cc1Cl. The van der Waals surface area contributed by atoms with Crippen molar-refractivity contribution >= 4 is 23.2 Å². The van der Waals surface area contributed by atoms with Crippen LogP contribution in [0.3, 0.4) is 0 Å². The Labute approximate surface area is 127 Å². The Bertz CT molecular complexity index is 715. The lowest BCUT2D eigenvalue weighted by Gasteiger charge is -2.16. The summed E-state index contributed by atoms with van der Waals surface area (Å²) >= 11 is 6.06. The van der Waals surface area contributed by atoms with Crippen LogP contribution in [-0.4, -0.2) is 11.0 Å². The van der Waals surface area contributed by atoms with E-state index in [0.29, 0.717) is 16.3 Å². The second-order valence-corrected chi connectivity index (χ2v) is 5.58. The van der Waals surface area contributed by atoms with Crippen molar-refractivity contribution in [1.29, 1.82) is 0 Å². The van der Waals surface area contributed by atoms with Crippen LogP contribution in [0.5, 0.6) is 5.75 Å². The Kier molecular flexibility index (Phi) is 3.47. The Morgan fingerprint density at radius 3 is 2.81 bits per heavy atom. The molecule has 2 aromatic carbocycles. The first-order chi connectivity index (χ1) is 10.0. The van der Waals surface area contributed by atoms with Gasteiger partial charge >= 0.3 is 0 Å². The Morgan fingerprint density at radius 1 is 1.29 bits per heavy atom. The van der Waals surface area contributed by atoms with E-state index in [9.17, 15) is 9.90 Å². The molecule has 0 fully saturated rings. The molecule has 4 nitrogen and oxygen atoms in total. The van der Waals surface area contributed by atoms with Crippen LogP contribution in [0.25, 0.3) is 0 Å². The zero-order valence-corrected chi connectivity index (χ0v) is 12.0. The van der Waals surface area contributed by atoms with Gasteiger partial charge in [0.05, 0.1) is 16.6 Å². The van der Waals surface area contributed by atoms with Gasteiger partial charge in [-0.1, -0.05) is 17.7 Å². The van der Waals surface area contributed by atoms with E-state index in [0.717, 1.165) is 24.1 Å². The van der Waals surface area contributed by atoms with E-state index < -0.39 is 5.91 Å². The zero-order valence-electron chi connectivity index (χ0n) is 11.3. The monoisotopic (exact) mass is 302 g/mol. The number of aryl methyl sites for hydroxylation is 1. The van der Waals surface area contributed by atoms with Crippen molar-refractivity contribution in [3.05, 3.63) is 58.1 Å². The van der Waals surface area contributed by atoms with E-state index >= 15 is 0 Å². The van der Waals surface area contributed by atoms with Gasteiger partial charge in [-0.2, -0.15) is 0 Å². The Morgan fingerprint density at radius 2 is 2.10 bits per heavy atom. The zero-order chi connectivity index (χ0) is 15.0. The van der Waals surface area contributed by atoms with Gasteiger partial charge < -0.3 is 16.2 Å². The minimum Gasteiger partial charge on any atom is -0.508 e. The predicted octanol–water partition coefficient (Wildman–Crippen LogP) is 3.24. The third kappa shape index (κ3) is 2.67. The summed E-state index contributed by atoms with van der Waals surface area (Å²) in [6, 6.07) is 10.7. The van der Waals surface area contributed by atoms with Gasteiger partial charge in [-0.3, -0.25) is 4.79 Å². The van der Waals surface area contributed by atoms with Crippen LogP contribution in [0.15, 0.2) is 36.4 Å². The van der Waals surface area contributed by atoms with Crippen molar-refractivity contribution in [3.8, 4) is 5.75 Å². The van der Waals surface area contributed by atoms with Crippen LogP contribution in [0.2, 0.25) is 5.02 Å². The van der Waals surface area contributed by atoms with E-state index in [-0.39, 0.29) is 6.04 Å². The topological polar surface area (TPSA) is 75.4 Å². The highest BCUT2D eigenvalue weighted by molar-refractivity contribution is 6.34. The van der Waals surface area contributed by atoms with Crippen LogP contribution in [0.1, 0.15) is 33.9 Å². The first-order valence-electron chi connectivity index (χ1n) is 6.72. The van der Waals surface area contributed by atoms with Gasteiger partial charge in [0.2, 0.25) is 5.91 Å². The average Bonchev–Trinajstić information content (AvgIpc) is 2.80. The highest BCUT2D eigenvalue weighted by Crippen LogP contribution is 2.36. The smallest absolute Gasteiger partial charge is 0.250 e. The first-order valence-corrected chi connectivity index (χ1v) is 7.10. The number of fused-ring (bicyclic) bond motifs is 1. The maximum Gasteiger partial charge on any atom is 0.250 e. The highest BCUT2D eigenvalue weighted by atomic mass is 35.5. The van der Waals surface area contributed by atoms with Crippen molar-refractivity contribution in [1.82, 2.24) is 0 Å². The minimum absolute atomic E-state index is 0.177. The number of carbonyl (C=O) groups is 1. The molecule has 4 N–H and O–H groups in total. The summed E-state index contributed by atoms with van der Waals surface area (Å²) in [7, 11) is 0. The van der Waals surface area contributed by atoms with Gasteiger partial charge in [-0.25, -0.2) is 0 Å². The molecule has 2 aromatic rings. The predicted molar refractivity (Wildman–Crippen MR) is 82.8 cm³/mol. The fourth-order valence-electron chi connectivity index (χ4n) is 2.76. The second-order valence-electron chi connectivity index (χ2n) is 5.18. The molecular formula is C16H15ClN2O2. The number of hydrogen-bond donors (Lipinski definition) is 3. The van der Waals surface area contributed by atoms with Crippen LogP contribution in [0.4, 0.5) is 5.69 Å². The molecule has 0 aliphatic heterocycles. The molecule has 0 heterocycles. The fourth-order valence-corrected chi connectivity index (χ4v) is 3.03. The number of nitrogens with two attached hydrogens (primary N) is 1. The summed E-state index contributed by atoms with van der Waals surface area (Å²) in [4.78, 5) is 11.2. The lowest BCUT2D eigenvalue weighted by Crippen LogP contribution is -2.12. The number of rotatable bonds is 3. The maximum atomic E-state index is 11.2. The molecular weight excluding hydrogens is 288 g/mol. The molecule has 3 rings (SSSR count). The van der Waals surface area contributed by atoms with Crippen molar-refractivity contribution in [2.45, 2.75) is 18.9 Å². The molecule has 1 aliphatic carbocycles. The van der Waals surface area contributed by atoms with Crippen LogP contribution in [-0.2, 0) is 6.42 Å². The summed E-state index contributed by atoms with van der Waals surface area (Å²) in [6.07, 6.45) is 1.88. The number of primary amides is 1. The number of amides is 1. The van der Waals surface area contributed by atoms with E-state index in [1.807, 2.05) is 6.07 Å². The quantitative estimate of drug-likeness (QED) is 0.814. The number of nitrogens with one attached hydrogen (secondary N) is 1. The average molecular weight is 303 g/mol. The number of carbonyl (C=O) groups excluding carboxylic acids is 1. The fraction of sp³-hybridized carbons (Fsp3) is 0.188. The van der Waals surface area contributed by atoms with Crippen LogP contribution >= 0.6 is 11.6 Å². The molecule has 1 aliphatic rings. The Balaban J connectivity index is 1.83. The van der Waals surface area contributed by atoms with Crippen molar-refractivity contribution < 1.29 is 9.90 Å². The number of halogens is 1. The molecule has 108 valence electrons. The lowest BCUT2D eigenvalue weighted by atomic mass is 10.1. The van der Waals surface area contributed by atoms with E-state index in [1.165, 1.54) is 5.56 Å². The summed E-state index contributed by atoms with van der Waals surface area (Å²) in [6.45, 7) is 0. The second kappa shape index (κ2) is 5.30. The molecule has 0 radical (unpaired) electrons. The van der Waals surface area contributed by atoms with Gasteiger partial charge in [-0.15, -0.1) is 0 Å². The van der Waals surface area contributed by atoms with Gasteiger partial charge in [0.15, 0.2) is 0 Å². The minimum atomic E-state index is -0.534.